The molecule has 1 heterocycles. The van der Waals surface area contributed by atoms with Crippen LogP contribution in [0.25, 0.3) is 0 Å². The molecule has 0 unspecified atom stereocenters. The zero-order chi connectivity index (χ0) is 14.7. The van der Waals surface area contributed by atoms with Gasteiger partial charge in [0.1, 0.15) is 6.20 Å². The first kappa shape index (κ1) is 13.7. The minimum Gasteiger partial charge on any atom is -0.493 e. The molecule has 0 atom stereocenters. The number of hydrogen-bond donors (Lipinski definition) is 1. The third-order valence-electron chi connectivity index (χ3n) is 2.26. The first-order chi connectivity index (χ1) is 9.51. The van der Waals surface area contributed by atoms with Crippen LogP contribution < -0.4 is 9.47 Å². The van der Waals surface area contributed by atoms with Crippen molar-refractivity contribution in [1.82, 2.24) is 4.98 Å². The molecular formula is C11H8N2O6S. The number of hydrogen-bond acceptors (Lipinski definition) is 7. The van der Waals surface area contributed by atoms with Gasteiger partial charge in [0.05, 0.1) is 17.6 Å². The Morgan fingerprint density at radius 2 is 2.20 bits per heavy atom. The quantitative estimate of drug-likeness (QED) is 0.666. The van der Waals surface area contributed by atoms with Gasteiger partial charge in [0.25, 0.3) is 5.19 Å². The van der Waals surface area contributed by atoms with Gasteiger partial charge in [0, 0.05) is 0 Å². The predicted molar refractivity (Wildman–Crippen MR) is 68.8 cm³/mol. The number of benzene rings is 1. The fourth-order valence-corrected chi connectivity index (χ4v) is 1.96. The van der Waals surface area contributed by atoms with Crippen LogP contribution in [0, 0.1) is 10.1 Å². The maximum Gasteiger partial charge on any atom is 0.347 e. The average molecular weight is 296 g/mol. The molecule has 0 fully saturated rings. The normalized spacial score (nSPS) is 10.1. The van der Waals surface area contributed by atoms with Crippen molar-refractivity contribution in [3.8, 4) is 16.7 Å². The Morgan fingerprint density at radius 1 is 1.45 bits per heavy atom. The van der Waals surface area contributed by atoms with E-state index in [0.29, 0.717) is 5.75 Å². The van der Waals surface area contributed by atoms with E-state index in [9.17, 15) is 14.9 Å². The van der Waals surface area contributed by atoms with Gasteiger partial charge < -0.3 is 14.6 Å². The number of ether oxygens (including phenoxy) is 2. The second kappa shape index (κ2) is 5.53. The molecule has 0 aliphatic rings. The summed E-state index contributed by atoms with van der Waals surface area (Å²) in [6, 6.07) is 4.05. The molecule has 1 N–H and O–H groups in total. The van der Waals surface area contributed by atoms with Gasteiger partial charge in [-0.05, 0) is 29.5 Å². The monoisotopic (exact) mass is 296 g/mol. The molecule has 0 aliphatic heterocycles. The zero-order valence-electron chi connectivity index (χ0n) is 10.1. The van der Waals surface area contributed by atoms with Gasteiger partial charge in [0.2, 0.25) is 0 Å². The SMILES string of the molecule is COc1ccc(C(=O)O)cc1Oc1ncc([N+](=O)[O-])s1. The van der Waals surface area contributed by atoms with Crippen LogP contribution in [0.15, 0.2) is 24.4 Å². The molecule has 0 aliphatic carbocycles. The molecule has 9 heteroatoms. The lowest BCUT2D eigenvalue weighted by molar-refractivity contribution is -0.380. The van der Waals surface area contributed by atoms with E-state index in [0.717, 1.165) is 17.5 Å². The Labute approximate surface area is 116 Å². The number of carboxylic acid groups (broad SMARTS) is 1. The minimum atomic E-state index is -1.12. The van der Waals surface area contributed by atoms with Crippen molar-refractivity contribution in [2.75, 3.05) is 7.11 Å². The third-order valence-corrected chi connectivity index (χ3v) is 3.09. The molecule has 104 valence electrons. The lowest BCUT2D eigenvalue weighted by atomic mass is 10.2. The third kappa shape index (κ3) is 2.83. The first-order valence-corrected chi connectivity index (χ1v) is 6.02. The summed E-state index contributed by atoms with van der Waals surface area (Å²) in [5, 5.41) is 19.3. The standard InChI is InChI=1S/C11H8N2O6S/c1-18-7-3-2-6(10(14)15)4-8(7)19-11-12-5-9(20-11)13(16)17/h2-5H,1H3,(H,14,15). The highest BCUT2D eigenvalue weighted by Gasteiger charge is 2.16. The van der Waals surface area contributed by atoms with Crippen molar-refractivity contribution in [2.45, 2.75) is 0 Å². The van der Waals surface area contributed by atoms with Crippen molar-refractivity contribution in [2.24, 2.45) is 0 Å². The van der Waals surface area contributed by atoms with E-state index in [4.69, 9.17) is 14.6 Å². The zero-order valence-corrected chi connectivity index (χ0v) is 10.9. The van der Waals surface area contributed by atoms with Gasteiger partial charge >= 0.3 is 11.0 Å². The Morgan fingerprint density at radius 3 is 2.75 bits per heavy atom. The topological polar surface area (TPSA) is 112 Å². The van der Waals surface area contributed by atoms with E-state index in [1.165, 1.54) is 25.3 Å². The number of aromatic nitrogens is 1. The highest BCUT2D eigenvalue weighted by Crippen LogP contribution is 2.36. The molecule has 2 rings (SSSR count). The smallest absolute Gasteiger partial charge is 0.347 e. The molecule has 0 saturated heterocycles. The number of aromatic carboxylic acids is 1. The summed E-state index contributed by atoms with van der Waals surface area (Å²) in [5.74, 6) is -0.702. The summed E-state index contributed by atoms with van der Waals surface area (Å²) < 4.78 is 10.4. The lowest BCUT2D eigenvalue weighted by Crippen LogP contribution is -1.98. The number of thiazole rings is 1. The summed E-state index contributed by atoms with van der Waals surface area (Å²) in [4.78, 5) is 24.6. The largest absolute Gasteiger partial charge is 0.493 e. The molecule has 20 heavy (non-hydrogen) atoms. The van der Waals surface area contributed by atoms with Crippen LogP contribution in [0.2, 0.25) is 0 Å². The van der Waals surface area contributed by atoms with Crippen LogP contribution in [-0.2, 0) is 0 Å². The average Bonchev–Trinajstić information content (AvgIpc) is 2.87. The first-order valence-electron chi connectivity index (χ1n) is 5.20. The number of nitrogens with zero attached hydrogens (tertiary/aromatic N) is 2. The molecule has 0 bridgehead atoms. The van der Waals surface area contributed by atoms with Gasteiger partial charge in [-0.25, -0.2) is 9.78 Å². The summed E-state index contributed by atoms with van der Waals surface area (Å²) >= 11 is 0.734. The van der Waals surface area contributed by atoms with Gasteiger partial charge in [-0.1, -0.05) is 0 Å². The molecule has 0 radical (unpaired) electrons. The van der Waals surface area contributed by atoms with E-state index in [-0.39, 0.29) is 21.5 Å². The molecule has 1 aromatic carbocycles. The Balaban J connectivity index is 2.32. The Hall–Kier alpha value is -2.68. The molecule has 0 spiro atoms. The van der Waals surface area contributed by atoms with E-state index < -0.39 is 10.9 Å². The van der Waals surface area contributed by atoms with Crippen LogP contribution in [0.4, 0.5) is 5.00 Å². The molecule has 1 aromatic heterocycles. The maximum atomic E-state index is 10.9. The predicted octanol–water partition coefficient (Wildman–Crippen LogP) is 2.55. The Kier molecular flexibility index (Phi) is 3.80. The van der Waals surface area contributed by atoms with Gasteiger partial charge in [-0.15, -0.1) is 0 Å². The molecule has 0 amide bonds. The Bertz CT molecular complexity index is 669. The van der Waals surface area contributed by atoms with Crippen LogP contribution >= 0.6 is 11.3 Å². The number of rotatable bonds is 5. The van der Waals surface area contributed by atoms with E-state index in [1.807, 2.05) is 0 Å². The fourth-order valence-electron chi connectivity index (χ4n) is 1.37. The summed E-state index contributed by atoms with van der Waals surface area (Å²) in [5.41, 5.74) is 0.00635. The minimum absolute atomic E-state index is 0.00635. The van der Waals surface area contributed by atoms with Crippen molar-refractivity contribution in [1.29, 1.82) is 0 Å². The lowest BCUT2D eigenvalue weighted by Gasteiger charge is -2.08. The summed E-state index contributed by atoms with van der Waals surface area (Å²) in [6.45, 7) is 0. The molecule has 0 saturated carbocycles. The summed E-state index contributed by atoms with van der Waals surface area (Å²) in [6.07, 6.45) is 1.06. The fraction of sp³-hybridized carbons (Fsp3) is 0.0909. The van der Waals surface area contributed by atoms with E-state index in [1.54, 1.807) is 0 Å². The van der Waals surface area contributed by atoms with E-state index in [2.05, 4.69) is 4.98 Å². The number of methoxy groups -OCH3 is 1. The van der Waals surface area contributed by atoms with Gasteiger partial charge in [-0.3, -0.25) is 10.1 Å². The van der Waals surface area contributed by atoms with Crippen LogP contribution in [0.5, 0.6) is 16.7 Å². The maximum absolute atomic E-state index is 10.9. The van der Waals surface area contributed by atoms with E-state index >= 15 is 0 Å². The highest BCUT2D eigenvalue weighted by molar-refractivity contribution is 7.16. The summed E-state index contributed by atoms with van der Waals surface area (Å²) in [7, 11) is 1.40. The second-order valence-corrected chi connectivity index (χ2v) is 4.47. The van der Waals surface area contributed by atoms with Crippen molar-refractivity contribution < 1.29 is 24.3 Å². The molecular weight excluding hydrogens is 288 g/mol. The van der Waals surface area contributed by atoms with Crippen molar-refractivity contribution in [3.05, 3.63) is 40.1 Å². The second-order valence-electron chi connectivity index (χ2n) is 3.49. The van der Waals surface area contributed by atoms with Crippen LogP contribution in [0.1, 0.15) is 10.4 Å². The highest BCUT2D eigenvalue weighted by atomic mass is 32.1. The van der Waals surface area contributed by atoms with Crippen molar-refractivity contribution >= 4 is 22.3 Å². The number of carboxylic acids is 1. The molecule has 8 nitrogen and oxygen atoms in total. The molecule has 2 aromatic rings. The van der Waals surface area contributed by atoms with Crippen molar-refractivity contribution in [3.63, 3.8) is 0 Å². The van der Waals surface area contributed by atoms with Crippen LogP contribution in [-0.4, -0.2) is 28.1 Å². The van der Waals surface area contributed by atoms with Crippen LogP contribution in [0.3, 0.4) is 0 Å². The van der Waals surface area contributed by atoms with Gasteiger partial charge in [0.15, 0.2) is 11.5 Å². The number of nitro groups is 1. The number of carbonyl (C=O) groups is 1. The van der Waals surface area contributed by atoms with Gasteiger partial charge in [-0.2, -0.15) is 0 Å².